The maximum absolute atomic E-state index is 10.4. The summed E-state index contributed by atoms with van der Waals surface area (Å²) in [6, 6.07) is 0. The molecule has 0 N–H and O–H groups in total. The molecule has 1 aliphatic carbocycles. The first-order chi connectivity index (χ1) is 8.20. The third kappa shape index (κ3) is 12.1. The zero-order chi connectivity index (χ0) is 13.7. The summed E-state index contributed by atoms with van der Waals surface area (Å²) in [6.45, 7) is 14.3. The van der Waals surface area contributed by atoms with E-state index < -0.39 is 0 Å². The predicted molar refractivity (Wildman–Crippen MR) is 57.8 cm³/mol. The molecule has 2 fully saturated rings. The Bertz CT molecular complexity index is 220. The zero-order valence-electron chi connectivity index (χ0n) is 9.79. The van der Waals surface area contributed by atoms with Gasteiger partial charge in [-0.3, -0.25) is 4.79 Å². The van der Waals surface area contributed by atoms with Gasteiger partial charge in [-0.15, -0.1) is 0 Å². The van der Waals surface area contributed by atoms with Gasteiger partial charge in [0.25, 0.3) is 0 Å². The van der Waals surface area contributed by atoms with Gasteiger partial charge in [0.05, 0.1) is 5.92 Å². The monoisotopic (exact) mass is 416 g/mol. The van der Waals surface area contributed by atoms with Crippen LogP contribution in [-0.2, 0) is 39.9 Å². The predicted octanol–water partition coefficient (Wildman–Crippen LogP) is 1.49. The van der Waals surface area contributed by atoms with Crippen molar-refractivity contribution in [2.75, 3.05) is 0 Å². The van der Waals surface area contributed by atoms with Crippen molar-refractivity contribution in [2.24, 2.45) is 0 Å². The van der Waals surface area contributed by atoms with Crippen LogP contribution in [0.3, 0.4) is 0 Å². The van der Waals surface area contributed by atoms with Crippen molar-refractivity contribution >= 4 is 5.97 Å². The average Bonchev–Trinajstić information content (AvgIpc) is 2.99. The van der Waals surface area contributed by atoms with Crippen molar-refractivity contribution in [3.8, 4) is 0 Å². The molecule has 8 radical (unpaired) electrons. The second-order valence-electron chi connectivity index (χ2n) is 2.76. The summed E-state index contributed by atoms with van der Waals surface area (Å²) in [5, 5.41) is 0. The van der Waals surface area contributed by atoms with Gasteiger partial charge in [0.2, 0.25) is 0 Å². The quantitative estimate of drug-likeness (QED) is 0.341. The summed E-state index contributed by atoms with van der Waals surface area (Å²) in [5.41, 5.74) is 0. The molecular formula is C13H12O4W+2. The van der Waals surface area contributed by atoms with Crippen molar-refractivity contribution in [1.82, 2.24) is 0 Å². The molecule has 4 nitrogen and oxygen atoms in total. The van der Waals surface area contributed by atoms with E-state index >= 15 is 0 Å². The van der Waals surface area contributed by atoms with E-state index in [9.17, 15) is 4.79 Å². The second-order valence-corrected chi connectivity index (χ2v) is 2.76. The molecule has 1 unspecified atom stereocenters. The summed E-state index contributed by atoms with van der Waals surface area (Å²) in [4.78, 5) is 10.4. The molecule has 1 atom stereocenters. The Hall–Kier alpha value is -0.362. The molecule has 1 heterocycles. The van der Waals surface area contributed by atoms with Crippen molar-refractivity contribution < 1.29 is 39.9 Å². The van der Waals surface area contributed by atoms with E-state index in [0.29, 0.717) is 5.92 Å². The molecule has 5 heteroatoms. The summed E-state index contributed by atoms with van der Waals surface area (Å²) in [7, 11) is 0. The molecule has 1 saturated carbocycles. The van der Waals surface area contributed by atoms with Crippen LogP contribution >= 0.6 is 0 Å². The van der Waals surface area contributed by atoms with Gasteiger partial charge in [0, 0.05) is 6.42 Å². The molecule has 18 heavy (non-hydrogen) atoms. The number of cyclic esters (lactones) is 1. The van der Waals surface area contributed by atoms with E-state index in [-0.39, 0.29) is 33.1 Å². The number of carbonyl (C=O) groups is 1. The van der Waals surface area contributed by atoms with Gasteiger partial charge in [-0.1, -0.05) is 0 Å². The largest absolute Gasteiger partial charge is 2.00 e. The fraction of sp³-hybridized carbons (Fsp3) is 0.154. The van der Waals surface area contributed by atoms with Crippen LogP contribution in [0, 0.1) is 64.7 Å². The molecule has 2 aliphatic rings. The summed E-state index contributed by atoms with van der Waals surface area (Å²) in [5.74, 6) is 0.176. The molecule has 0 spiro atoms. The molecule has 1 aliphatic heterocycles. The summed E-state index contributed by atoms with van der Waals surface area (Å²) in [6.07, 6.45) is 11.6. The average molecular weight is 416 g/mol. The smallest absolute Gasteiger partial charge is 0.462 e. The van der Waals surface area contributed by atoms with Crippen LogP contribution in [-0.4, -0.2) is 12.1 Å². The van der Waals surface area contributed by atoms with Crippen molar-refractivity contribution in [3.05, 3.63) is 64.7 Å². The molecule has 0 aromatic rings. The van der Waals surface area contributed by atoms with Gasteiger partial charge in [-0.2, -0.15) is 0 Å². The van der Waals surface area contributed by atoms with Crippen LogP contribution in [0.4, 0.5) is 0 Å². The first-order valence-electron chi connectivity index (χ1n) is 4.52. The van der Waals surface area contributed by atoms with E-state index in [0.717, 1.165) is 0 Å². The third-order valence-corrected chi connectivity index (χ3v) is 1.55. The van der Waals surface area contributed by atoms with Crippen molar-refractivity contribution in [1.29, 1.82) is 0 Å². The molecule has 92 valence electrons. The van der Waals surface area contributed by atoms with Gasteiger partial charge < -0.3 is 4.74 Å². The van der Waals surface area contributed by atoms with E-state index in [1.165, 1.54) is 0 Å². The number of ether oxygens (including phenoxy) is 1. The summed E-state index contributed by atoms with van der Waals surface area (Å²) < 4.78 is 19.7. The molecule has 2 rings (SSSR count). The number of hydrogen-bond acceptors (Lipinski definition) is 2. The standard InChI is InChI=1S/C6H7O2.C5H5.2CO.W/c1-4-3-5(2)8-6(4)7;1-2-4-5-3-1;2*1-2;/h3,5H,1H2,2H3;1-5H;;;/q;;;;+2. The number of hydrogen-bond donors (Lipinski definition) is 0. The SMILES string of the molecule is [C-]#[O+].[C-]#[O+].[CH2][C]1[CH]C(C)OC1=O.[CH]1[CH][CH][CH][CH]1.[W+2]. The fourth-order valence-electron chi connectivity index (χ4n) is 0.951. The molecule has 0 aromatic carbocycles. The maximum Gasteiger partial charge on any atom is 2.00 e. The van der Waals surface area contributed by atoms with Gasteiger partial charge in [-0.05, 0) is 46.0 Å². The Balaban J connectivity index is -0.000000196. The normalized spacial score (nSPS) is 20.6. The topological polar surface area (TPSA) is 66.1 Å². The van der Waals surface area contributed by atoms with Crippen LogP contribution in [0.5, 0.6) is 0 Å². The van der Waals surface area contributed by atoms with Gasteiger partial charge in [-0.25, -0.2) is 0 Å². The minimum Gasteiger partial charge on any atom is -0.462 e. The van der Waals surface area contributed by atoms with Crippen LogP contribution in [0.1, 0.15) is 6.92 Å². The van der Waals surface area contributed by atoms with Crippen molar-refractivity contribution in [2.45, 2.75) is 13.0 Å². The Morgan fingerprint density at radius 1 is 1.11 bits per heavy atom. The summed E-state index contributed by atoms with van der Waals surface area (Å²) >= 11 is 0. The van der Waals surface area contributed by atoms with Crippen molar-refractivity contribution in [3.63, 3.8) is 0 Å². The van der Waals surface area contributed by atoms with Gasteiger partial charge in [0.1, 0.15) is 6.10 Å². The Kier molecular flexibility index (Phi) is 21.1. The van der Waals surface area contributed by atoms with Crippen LogP contribution in [0.25, 0.3) is 0 Å². The number of carbonyl (C=O) groups excluding carboxylic acids is 1. The first kappa shape index (κ1) is 22.8. The molecule has 0 amide bonds. The van der Waals surface area contributed by atoms with E-state index in [2.05, 4.69) is 25.0 Å². The Labute approximate surface area is 124 Å². The molecule has 1 saturated heterocycles. The van der Waals surface area contributed by atoms with Gasteiger partial charge >= 0.3 is 49.6 Å². The van der Waals surface area contributed by atoms with E-state index in [1.807, 2.05) is 32.1 Å². The van der Waals surface area contributed by atoms with Crippen LogP contribution in [0.2, 0.25) is 0 Å². The Morgan fingerprint density at radius 2 is 1.44 bits per heavy atom. The third-order valence-electron chi connectivity index (χ3n) is 1.55. The molecular weight excluding hydrogens is 404 g/mol. The number of rotatable bonds is 0. The second kappa shape index (κ2) is 16.6. The van der Waals surface area contributed by atoms with Gasteiger partial charge in [0.15, 0.2) is 0 Å². The van der Waals surface area contributed by atoms with E-state index in [4.69, 9.17) is 9.30 Å². The minimum absolute atomic E-state index is 0. The zero-order valence-corrected chi connectivity index (χ0v) is 12.7. The molecule has 0 bridgehead atoms. The maximum atomic E-state index is 10.4. The van der Waals surface area contributed by atoms with Crippen LogP contribution < -0.4 is 0 Å². The van der Waals surface area contributed by atoms with E-state index in [1.54, 1.807) is 13.3 Å². The first-order valence-corrected chi connectivity index (χ1v) is 4.52. The van der Waals surface area contributed by atoms with Crippen LogP contribution in [0.15, 0.2) is 0 Å². The Morgan fingerprint density at radius 3 is 1.56 bits per heavy atom. The minimum atomic E-state index is -0.294. The number of esters is 1. The molecule has 0 aromatic heterocycles. The fourth-order valence-corrected chi connectivity index (χ4v) is 0.951.